The molecule has 9 nitrogen and oxygen atoms in total. The Hall–Kier alpha value is -3.27. The van der Waals surface area contributed by atoms with Gasteiger partial charge in [-0.15, -0.1) is 0 Å². The Kier molecular flexibility index (Phi) is 6.83. The van der Waals surface area contributed by atoms with E-state index in [1.165, 1.54) is 44.6 Å². The molecule has 0 radical (unpaired) electrons. The predicted molar refractivity (Wildman–Crippen MR) is 102 cm³/mol. The first-order chi connectivity index (χ1) is 13.2. The van der Waals surface area contributed by atoms with E-state index in [1.807, 2.05) is 0 Å². The highest BCUT2D eigenvalue weighted by atomic mass is 32.2. The molecular weight excluding hydrogens is 388 g/mol. The molecule has 2 atom stereocenters. The zero-order valence-electron chi connectivity index (χ0n) is 15.3. The van der Waals surface area contributed by atoms with Crippen molar-refractivity contribution >= 4 is 34.1 Å². The van der Waals surface area contributed by atoms with Crippen molar-refractivity contribution in [3.8, 4) is 5.75 Å². The Morgan fingerprint density at radius 1 is 1.21 bits per heavy atom. The molecule has 0 unspecified atom stereocenters. The number of carbonyl (C=O) groups is 2. The van der Waals surface area contributed by atoms with Crippen LogP contribution in [0.5, 0.6) is 5.75 Å². The highest BCUT2D eigenvalue weighted by Crippen LogP contribution is 2.29. The molecule has 10 heteroatoms. The molecular formula is C18H18N2O7S. The molecule has 2 aromatic rings. The van der Waals surface area contributed by atoms with E-state index < -0.39 is 33.7 Å². The molecule has 0 aliphatic rings. The number of carbonyl (C=O) groups excluding carboxylic acids is 2. The molecule has 1 N–H and O–H groups in total. The van der Waals surface area contributed by atoms with E-state index >= 15 is 0 Å². The maximum Gasteiger partial charge on any atom is 0.340 e. The smallest absolute Gasteiger partial charge is 0.340 e. The van der Waals surface area contributed by atoms with E-state index in [0.717, 1.165) is 0 Å². The highest BCUT2D eigenvalue weighted by Gasteiger charge is 2.23. The van der Waals surface area contributed by atoms with Gasteiger partial charge in [0.15, 0.2) is 6.10 Å². The van der Waals surface area contributed by atoms with Gasteiger partial charge in [-0.1, -0.05) is 12.1 Å². The van der Waals surface area contributed by atoms with Gasteiger partial charge >= 0.3 is 5.97 Å². The van der Waals surface area contributed by atoms with Crippen molar-refractivity contribution in [1.82, 2.24) is 0 Å². The number of nitrogens with zero attached hydrogens (tertiary/aromatic N) is 1. The average Bonchev–Trinajstić information content (AvgIpc) is 2.67. The van der Waals surface area contributed by atoms with Gasteiger partial charge in [0, 0.05) is 12.3 Å². The standard InChI is InChI=1S/C18H18N2O7S/c1-11(27-18(22)13-6-4-5-7-16(13)28(3)25)17(21)19-14-9-8-12(20(23)24)10-15(14)26-2/h4-11H,1-3H3,(H,19,21)/t11-,28+/m0/s1. The number of amides is 1. The molecule has 1 amide bonds. The van der Waals surface area contributed by atoms with Crippen molar-refractivity contribution in [2.24, 2.45) is 0 Å². The van der Waals surface area contributed by atoms with E-state index in [-0.39, 0.29) is 22.7 Å². The molecule has 0 saturated heterocycles. The molecule has 0 aromatic heterocycles. The molecule has 0 aliphatic heterocycles. The summed E-state index contributed by atoms with van der Waals surface area (Å²) >= 11 is 0. The van der Waals surface area contributed by atoms with E-state index in [9.17, 15) is 23.9 Å². The van der Waals surface area contributed by atoms with Crippen LogP contribution in [-0.2, 0) is 20.3 Å². The summed E-state index contributed by atoms with van der Waals surface area (Å²) in [6, 6.07) is 9.94. The molecule has 2 rings (SSSR count). The van der Waals surface area contributed by atoms with Gasteiger partial charge in [0.2, 0.25) is 0 Å². The third-order valence-corrected chi connectivity index (χ3v) is 4.70. The topological polar surface area (TPSA) is 125 Å². The second kappa shape index (κ2) is 9.09. The Bertz CT molecular complexity index is 945. The molecule has 0 aliphatic carbocycles. The first-order valence-electron chi connectivity index (χ1n) is 8.01. The number of nitro groups is 1. The van der Waals surface area contributed by atoms with Crippen molar-refractivity contribution in [1.29, 1.82) is 0 Å². The van der Waals surface area contributed by atoms with E-state index in [4.69, 9.17) is 9.47 Å². The van der Waals surface area contributed by atoms with Gasteiger partial charge in [-0.2, -0.15) is 0 Å². The van der Waals surface area contributed by atoms with Crippen LogP contribution in [0.25, 0.3) is 0 Å². The number of hydrogen-bond acceptors (Lipinski definition) is 7. The molecule has 148 valence electrons. The Balaban J connectivity index is 2.13. The summed E-state index contributed by atoms with van der Waals surface area (Å²) in [6.45, 7) is 1.37. The van der Waals surface area contributed by atoms with Gasteiger partial charge in [-0.3, -0.25) is 19.1 Å². The number of esters is 1. The number of benzene rings is 2. The molecule has 28 heavy (non-hydrogen) atoms. The minimum absolute atomic E-state index is 0.0906. The SMILES string of the molecule is COc1cc([N+](=O)[O-])ccc1NC(=O)[C@H](C)OC(=O)c1ccccc1[S@@](C)=O. The molecule has 0 bridgehead atoms. The normalized spacial score (nSPS) is 12.5. The fourth-order valence-corrected chi connectivity index (χ4v) is 3.03. The first kappa shape index (κ1) is 21.0. The van der Waals surface area contributed by atoms with E-state index in [1.54, 1.807) is 18.2 Å². The monoisotopic (exact) mass is 406 g/mol. The number of non-ortho nitro benzene ring substituents is 1. The second-order valence-corrected chi connectivity index (χ2v) is 6.98. The molecule has 2 aromatic carbocycles. The number of rotatable bonds is 7. The van der Waals surface area contributed by atoms with Gasteiger partial charge in [0.1, 0.15) is 5.75 Å². The molecule has 0 heterocycles. The van der Waals surface area contributed by atoms with Crippen molar-refractivity contribution < 1.29 is 28.2 Å². The van der Waals surface area contributed by atoms with Gasteiger partial charge in [-0.25, -0.2) is 4.79 Å². The first-order valence-corrected chi connectivity index (χ1v) is 9.57. The van der Waals surface area contributed by atoms with Gasteiger partial charge in [0.05, 0.1) is 45.0 Å². The fraction of sp³-hybridized carbons (Fsp3) is 0.222. The van der Waals surface area contributed by atoms with Crippen LogP contribution in [0, 0.1) is 10.1 Å². The number of ether oxygens (including phenoxy) is 2. The Morgan fingerprint density at radius 3 is 2.50 bits per heavy atom. The number of anilines is 1. The van der Waals surface area contributed by atoms with Crippen molar-refractivity contribution in [3.63, 3.8) is 0 Å². The second-order valence-electron chi connectivity index (χ2n) is 5.63. The van der Waals surface area contributed by atoms with Crippen molar-refractivity contribution in [2.45, 2.75) is 17.9 Å². The maximum atomic E-state index is 12.3. The highest BCUT2D eigenvalue weighted by molar-refractivity contribution is 7.84. The van der Waals surface area contributed by atoms with Crippen LogP contribution in [0.3, 0.4) is 0 Å². The van der Waals surface area contributed by atoms with Crippen LogP contribution in [-0.4, -0.2) is 40.5 Å². The van der Waals surface area contributed by atoms with Gasteiger partial charge < -0.3 is 14.8 Å². The molecule has 0 saturated carbocycles. The lowest BCUT2D eigenvalue weighted by Gasteiger charge is -2.16. The zero-order chi connectivity index (χ0) is 20.8. The minimum Gasteiger partial charge on any atom is -0.494 e. The van der Waals surface area contributed by atoms with E-state index in [2.05, 4.69) is 5.32 Å². The van der Waals surface area contributed by atoms with Crippen molar-refractivity contribution in [2.75, 3.05) is 18.7 Å². The zero-order valence-corrected chi connectivity index (χ0v) is 16.1. The van der Waals surface area contributed by atoms with Gasteiger partial charge in [0.25, 0.3) is 11.6 Å². The maximum absolute atomic E-state index is 12.3. The lowest BCUT2D eigenvalue weighted by molar-refractivity contribution is -0.384. The van der Waals surface area contributed by atoms with Crippen LogP contribution < -0.4 is 10.1 Å². The van der Waals surface area contributed by atoms with Crippen LogP contribution in [0.4, 0.5) is 11.4 Å². The largest absolute Gasteiger partial charge is 0.494 e. The Morgan fingerprint density at radius 2 is 1.89 bits per heavy atom. The summed E-state index contributed by atoms with van der Waals surface area (Å²) in [6.07, 6.45) is 0.258. The fourth-order valence-electron chi connectivity index (χ4n) is 2.29. The summed E-state index contributed by atoms with van der Waals surface area (Å²) in [7, 11) is -0.0961. The van der Waals surface area contributed by atoms with Crippen LogP contribution in [0.15, 0.2) is 47.4 Å². The van der Waals surface area contributed by atoms with Crippen LogP contribution in [0.2, 0.25) is 0 Å². The lowest BCUT2D eigenvalue weighted by Crippen LogP contribution is -2.30. The minimum atomic E-state index is -1.40. The summed E-state index contributed by atoms with van der Waals surface area (Å²) in [5.41, 5.74) is 0.102. The van der Waals surface area contributed by atoms with Crippen LogP contribution >= 0.6 is 0 Å². The summed E-state index contributed by atoms with van der Waals surface area (Å²) in [4.78, 5) is 35.2. The van der Waals surface area contributed by atoms with E-state index in [0.29, 0.717) is 4.90 Å². The third kappa shape index (κ3) is 4.92. The lowest BCUT2D eigenvalue weighted by atomic mass is 10.2. The third-order valence-electron chi connectivity index (χ3n) is 3.72. The predicted octanol–water partition coefficient (Wildman–Crippen LogP) is 2.52. The number of nitro benzene ring substituents is 1. The van der Waals surface area contributed by atoms with Crippen LogP contribution in [0.1, 0.15) is 17.3 Å². The van der Waals surface area contributed by atoms with Crippen molar-refractivity contribution in [3.05, 3.63) is 58.1 Å². The summed E-state index contributed by atoms with van der Waals surface area (Å²) < 4.78 is 22.0. The quantitative estimate of drug-likeness (QED) is 0.425. The number of methoxy groups -OCH3 is 1. The Labute approximate surface area is 163 Å². The summed E-state index contributed by atoms with van der Waals surface area (Å²) in [5, 5.41) is 13.3. The summed E-state index contributed by atoms with van der Waals surface area (Å²) in [5.74, 6) is -1.35. The average molecular weight is 406 g/mol. The molecule has 0 spiro atoms. The molecule has 0 fully saturated rings. The number of hydrogen-bond donors (Lipinski definition) is 1. The van der Waals surface area contributed by atoms with Gasteiger partial charge in [-0.05, 0) is 25.1 Å². The number of nitrogens with one attached hydrogen (secondary N) is 1.